The first-order valence-corrected chi connectivity index (χ1v) is 16.5. The average molecular weight is 589 g/mol. The topological polar surface area (TPSA) is 89.9 Å². The predicted octanol–water partition coefficient (Wildman–Crippen LogP) is 8.93. The minimum absolute atomic E-state index is 0.149. The Kier molecular flexibility index (Phi) is 28.2. The minimum atomic E-state index is -1.00. The van der Waals surface area contributed by atoms with Crippen molar-refractivity contribution in [1.29, 1.82) is 0 Å². The van der Waals surface area contributed by atoms with E-state index < -0.39 is 6.10 Å². The zero-order valence-corrected chi connectivity index (χ0v) is 26.9. The summed E-state index contributed by atoms with van der Waals surface area (Å²) in [5, 5.41) is 9.93. The van der Waals surface area contributed by atoms with Crippen molar-refractivity contribution in [3.8, 4) is 0 Å². The number of allylic oxidation sites excluding steroid dienone is 8. The maximum Gasteiger partial charge on any atom is 0.305 e. The summed E-state index contributed by atoms with van der Waals surface area (Å²) in [5.74, 6) is 0.300. The molecule has 0 aliphatic carbocycles. The lowest BCUT2D eigenvalue weighted by Gasteiger charge is -2.12. The van der Waals surface area contributed by atoms with Gasteiger partial charge in [-0.1, -0.05) is 121 Å². The fraction of sp³-hybridized carbons (Fsp3) is 0.694. The minimum Gasteiger partial charge on any atom is -0.463 e. The first-order valence-electron chi connectivity index (χ1n) is 16.5. The Hall–Kier alpha value is -2.47. The molecule has 0 saturated carbocycles. The number of aliphatic hydroxyl groups excluding tert-OH is 1. The number of ketones is 1. The highest BCUT2D eigenvalue weighted by Crippen LogP contribution is 2.13. The van der Waals surface area contributed by atoms with Gasteiger partial charge in [0.05, 0.1) is 0 Å². The van der Waals surface area contributed by atoms with Crippen LogP contribution in [-0.4, -0.2) is 42.1 Å². The van der Waals surface area contributed by atoms with Gasteiger partial charge in [-0.25, -0.2) is 0 Å². The maximum atomic E-state index is 11.9. The molecule has 6 heteroatoms. The van der Waals surface area contributed by atoms with Crippen molar-refractivity contribution in [2.45, 2.75) is 142 Å². The van der Waals surface area contributed by atoms with Gasteiger partial charge in [0, 0.05) is 19.3 Å². The second-order valence-corrected chi connectivity index (χ2v) is 11.4. The van der Waals surface area contributed by atoms with Crippen molar-refractivity contribution in [3.63, 3.8) is 0 Å². The molecule has 0 aromatic carbocycles. The highest BCUT2D eigenvalue weighted by atomic mass is 16.6. The molecule has 0 aromatic heterocycles. The maximum absolute atomic E-state index is 11.9. The van der Waals surface area contributed by atoms with Crippen molar-refractivity contribution in [3.05, 3.63) is 48.6 Å². The third-order valence-electron chi connectivity index (χ3n) is 6.72. The van der Waals surface area contributed by atoms with Crippen LogP contribution in [0.15, 0.2) is 48.6 Å². The molecule has 0 aliphatic heterocycles. The smallest absolute Gasteiger partial charge is 0.305 e. The monoisotopic (exact) mass is 588 g/mol. The van der Waals surface area contributed by atoms with Gasteiger partial charge in [-0.15, -0.1) is 0 Å². The molecule has 0 radical (unpaired) electrons. The number of esters is 2. The molecule has 0 heterocycles. The Labute approximate surface area is 256 Å². The van der Waals surface area contributed by atoms with Gasteiger partial charge < -0.3 is 14.6 Å². The lowest BCUT2D eigenvalue weighted by atomic mass is 10.0. The molecule has 0 rings (SSSR count). The van der Waals surface area contributed by atoms with Crippen molar-refractivity contribution in [1.82, 2.24) is 0 Å². The van der Waals surface area contributed by atoms with E-state index in [2.05, 4.69) is 39.0 Å². The highest BCUT2D eigenvalue weighted by Gasteiger charge is 2.12. The van der Waals surface area contributed by atoms with Crippen molar-refractivity contribution in [2.75, 3.05) is 13.2 Å². The summed E-state index contributed by atoms with van der Waals surface area (Å²) in [6.07, 6.45) is 31.6. The molecule has 0 aromatic rings. The second kappa shape index (κ2) is 30.0. The lowest BCUT2D eigenvalue weighted by molar-refractivity contribution is -0.152. The molecule has 0 saturated heterocycles. The average Bonchev–Trinajstić information content (AvgIpc) is 2.96. The number of hydrogen-bond acceptors (Lipinski definition) is 6. The third kappa shape index (κ3) is 30.5. The molecule has 0 fully saturated rings. The molecule has 0 bridgehead atoms. The fourth-order valence-corrected chi connectivity index (χ4v) is 4.16. The fourth-order valence-electron chi connectivity index (χ4n) is 4.16. The summed E-state index contributed by atoms with van der Waals surface area (Å²) in [6.45, 7) is 6.34. The zero-order valence-electron chi connectivity index (χ0n) is 26.9. The van der Waals surface area contributed by atoms with Crippen LogP contribution < -0.4 is 0 Å². The number of rotatable bonds is 28. The Balaban J connectivity index is 3.66. The molecule has 6 nitrogen and oxygen atoms in total. The van der Waals surface area contributed by atoms with Crippen LogP contribution in [0.2, 0.25) is 0 Å². The van der Waals surface area contributed by atoms with Crippen molar-refractivity contribution < 1.29 is 29.0 Å². The van der Waals surface area contributed by atoms with E-state index in [1.807, 2.05) is 24.3 Å². The van der Waals surface area contributed by atoms with E-state index in [1.54, 1.807) is 6.08 Å². The molecular formula is C36H60O6. The van der Waals surface area contributed by atoms with Gasteiger partial charge in [-0.2, -0.15) is 0 Å². The van der Waals surface area contributed by atoms with Crippen molar-refractivity contribution in [2.24, 2.45) is 5.92 Å². The number of ether oxygens (including phenoxy) is 2. The summed E-state index contributed by atoms with van der Waals surface area (Å²) in [5.41, 5.74) is 0. The van der Waals surface area contributed by atoms with Crippen LogP contribution in [-0.2, 0) is 23.9 Å². The lowest BCUT2D eigenvalue weighted by Crippen LogP contribution is -2.25. The van der Waals surface area contributed by atoms with Gasteiger partial charge in [0.25, 0.3) is 0 Å². The Morgan fingerprint density at radius 1 is 0.643 bits per heavy atom. The molecular weight excluding hydrogens is 528 g/mol. The summed E-state index contributed by atoms with van der Waals surface area (Å²) in [7, 11) is 0. The molecule has 1 atom stereocenters. The van der Waals surface area contributed by atoms with Gasteiger partial charge in [0.1, 0.15) is 19.3 Å². The summed E-state index contributed by atoms with van der Waals surface area (Å²) < 4.78 is 10.2. The van der Waals surface area contributed by atoms with E-state index in [1.165, 1.54) is 32.1 Å². The number of unbranched alkanes of at least 4 members (excludes halogenated alkanes) is 9. The summed E-state index contributed by atoms with van der Waals surface area (Å²) in [6, 6.07) is 0. The number of carbonyl (C=O) groups is 3. The zero-order chi connectivity index (χ0) is 31.1. The van der Waals surface area contributed by atoms with Crippen molar-refractivity contribution >= 4 is 17.7 Å². The van der Waals surface area contributed by atoms with Gasteiger partial charge in [-0.3, -0.25) is 14.4 Å². The first-order chi connectivity index (χ1) is 20.3. The number of aliphatic hydroxyl groups is 1. The van der Waals surface area contributed by atoms with Crippen LogP contribution in [0.5, 0.6) is 0 Å². The van der Waals surface area contributed by atoms with E-state index in [-0.39, 0.29) is 37.4 Å². The normalized spacial score (nSPS) is 12.8. The standard InChI is InChI=1S/C36H60O6/c1-4-5-20-26-33(37)27-22-17-13-9-7-6-8-10-14-18-23-28-35(39)41-30-34(38)31-42-36(40)29-24-19-15-11-12-16-21-25-32(2)3/h6-7,10,13-14,17,22,27,32,34,38H,4-5,8-9,11-12,15-16,18-21,23-26,28-31H2,1-3H3/b7-6-,14-10-,17-13-,27-22+/t34-/m1/s1. The Morgan fingerprint density at radius 3 is 1.83 bits per heavy atom. The van der Waals surface area contributed by atoms with Crippen LogP contribution in [0.4, 0.5) is 0 Å². The highest BCUT2D eigenvalue weighted by molar-refractivity contribution is 5.89. The van der Waals surface area contributed by atoms with E-state index in [4.69, 9.17) is 9.47 Å². The van der Waals surface area contributed by atoms with E-state index >= 15 is 0 Å². The summed E-state index contributed by atoms with van der Waals surface area (Å²) >= 11 is 0. The van der Waals surface area contributed by atoms with Gasteiger partial charge >= 0.3 is 11.9 Å². The van der Waals surface area contributed by atoms with E-state index in [0.717, 1.165) is 63.7 Å². The molecule has 240 valence electrons. The van der Waals surface area contributed by atoms with Crippen LogP contribution in [0.3, 0.4) is 0 Å². The summed E-state index contributed by atoms with van der Waals surface area (Å²) in [4.78, 5) is 35.3. The molecule has 0 aliphatic rings. The number of hydrogen-bond donors (Lipinski definition) is 1. The molecule has 1 N–H and O–H groups in total. The van der Waals surface area contributed by atoms with E-state index in [0.29, 0.717) is 19.3 Å². The molecule has 0 unspecified atom stereocenters. The quantitative estimate of drug-likeness (QED) is 0.0323. The first kappa shape index (κ1) is 39.5. The van der Waals surface area contributed by atoms with Crippen LogP contribution in [0, 0.1) is 5.92 Å². The van der Waals surface area contributed by atoms with Crippen LogP contribution in [0.25, 0.3) is 0 Å². The molecule has 0 amide bonds. The van der Waals surface area contributed by atoms with E-state index in [9.17, 15) is 19.5 Å². The van der Waals surface area contributed by atoms with Gasteiger partial charge in [0.2, 0.25) is 0 Å². The Morgan fingerprint density at radius 2 is 1.19 bits per heavy atom. The van der Waals surface area contributed by atoms with Gasteiger partial charge in [0.15, 0.2) is 5.78 Å². The van der Waals surface area contributed by atoms with Crippen LogP contribution >= 0.6 is 0 Å². The SMILES string of the molecule is CCCCCC(=O)/C=C/C=C\C/C=C\C/C=C\CCCC(=O)OC[C@@H](O)COC(=O)CCCCCCCCCC(C)C. The Bertz CT molecular complexity index is 793. The third-order valence-corrected chi connectivity index (χ3v) is 6.72. The molecule has 0 spiro atoms. The largest absolute Gasteiger partial charge is 0.463 e. The number of carbonyl (C=O) groups excluding carboxylic acids is 3. The molecule has 42 heavy (non-hydrogen) atoms. The van der Waals surface area contributed by atoms with Crippen LogP contribution in [0.1, 0.15) is 136 Å². The van der Waals surface area contributed by atoms with Gasteiger partial charge in [-0.05, 0) is 50.5 Å². The predicted molar refractivity (Wildman–Crippen MR) is 173 cm³/mol. The second-order valence-electron chi connectivity index (χ2n) is 11.4.